The fraction of sp³-hybridized carbons (Fsp3) is 0.533. The summed E-state index contributed by atoms with van der Waals surface area (Å²) in [6, 6.07) is 5.56. The van der Waals surface area contributed by atoms with E-state index in [0.717, 1.165) is 5.56 Å². The second-order valence-electron chi connectivity index (χ2n) is 5.46. The summed E-state index contributed by atoms with van der Waals surface area (Å²) in [5.41, 5.74) is 0.327. The average molecular weight is 266 g/mol. The molecule has 1 aromatic carbocycles. The molecule has 0 aliphatic heterocycles. The molecule has 0 aliphatic rings. The summed E-state index contributed by atoms with van der Waals surface area (Å²) in [4.78, 5) is 11.0. The molecule has 0 heterocycles. The monoisotopic (exact) mass is 266 g/mol. The number of aliphatic carboxylic acids is 1. The summed E-state index contributed by atoms with van der Waals surface area (Å²) in [6.45, 7) is 7.65. The lowest BCUT2D eigenvalue weighted by Gasteiger charge is -2.27. The molecule has 1 rings (SSSR count). The Morgan fingerprint density at radius 2 is 2.00 bits per heavy atom. The molecule has 0 spiro atoms. The highest BCUT2D eigenvalue weighted by molar-refractivity contribution is 5.69. The average Bonchev–Trinajstić information content (AvgIpc) is 2.26. The van der Waals surface area contributed by atoms with Gasteiger partial charge in [-0.05, 0) is 19.9 Å². The molecular weight excluding hydrogens is 244 g/mol. The van der Waals surface area contributed by atoms with Gasteiger partial charge >= 0.3 is 5.97 Å². The molecule has 0 saturated heterocycles. The molecule has 0 saturated carbocycles. The van der Waals surface area contributed by atoms with E-state index in [0.29, 0.717) is 11.5 Å². The van der Waals surface area contributed by atoms with Gasteiger partial charge in [0.1, 0.15) is 0 Å². The predicted octanol–water partition coefficient (Wildman–Crippen LogP) is 3.23. The van der Waals surface area contributed by atoms with Crippen LogP contribution in [-0.4, -0.2) is 24.3 Å². The van der Waals surface area contributed by atoms with Crippen LogP contribution in [0.25, 0.3) is 0 Å². The van der Waals surface area contributed by atoms with E-state index in [9.17, 15) is 4.79 Å². The molecule has 0 unspecified atom stereocenters. The Morgan fingerprint density at radius 1 is 1.37 bits per heavy atom. The smallest absolute Gasteiger partial charge is 0.304 e. The van der Waals surface area contributed by atoms with Crippen molar-refractivity contribution in [3.05, 3.63) is 23.8 Å². The number of carbonyl (C=O) groups is 1. The van der Waals surface area contributed by atoms with E-state index >= 15 is 0 Å². The second kappa shape index (κ2) is 5.95. The fourth-order valence-electron chi connectivity index (χ4n) is 2.04. The maximum atomic E-state index is 11.0. The summed E-state index contributed by atoms with van der Waals surface area (Å²) < 4.78 is 11.1. The standard InChI is InChI=1S/C15H22O4/c1-10(2)19-14-11(7-6-8-12(14)18-5)15(3,4)9-13(16)17/h6-8,10H,9H2,1-5H3,(H,16,17). The first-order chi connectivity index (χ1) is 8.77. The normalized spacial score (nSPS) is 11.5. The van der Waals surface area contributed by atoms with E-state index in [4.69, 9.17) is 14.6 Å². The van der Waals surface area contributed by atoms with Gasteiger partial charge in [-0.2, -0.15) is 0 Å². The van der Waals surface area contributed by atoms with Crippen molar-refractivity contribution in [2.45, 2.75) is 45.6 Å². The van der Waals surface area contributed by atoms with Crippen molar-refractivity contribution in [2.75, 3.05) is 7.11 Å². The van der Waals surface area contributed by atoms with E-state index in [2.05, 4.69) is 0 Å². The lowest BCUT2D eigenvalue weighted by Crippen LogP contribution is -2.23. The second-order valence-corrected chi connectivity index (χ2v) is 5.46. The van der Waals surface area contributed by atoms with Gasteiger partial charge in [-0.3, -0.25) is 4.79 Å². The Hall–Kier alpha value is -1.71. The van der Waals surface area contributed by atoms with Crippen LogP contribution >= 0.6 is 0 Å². The van der Waals surface area contributed by atoms with Gasteiger partial charge in [0.25, 0.3) is 0 Å². The zero-order valence-electron chi connectivity index (χ0n) is 12.2. The van der Waals surface area contributed by atoms with Crippen LogP contribution in [0.5, 0.6) is 11.5 Å². The third kappa shape index (κ3) is 3.88. The van der Waals surface area contributed by atoms with Crippen LogP contribution in [0.3, 0.4) is 0 Å². The minimum absolute atomic E-state index is 0.00400. The molecule has 19 heavy (non-hydrogen) atoms. The van der Waals surface area contributed by atoms with Crippen molar-refractivity contribution >= 4 is 5.97 Å². The van der Waals surface area contributed by atoms with Gasteiger partial charge in [0.2, 0.25) is 0 Å². The highest BCUT2D eigenvalue weighted by Crippen LogP contribution is 2.40. The van der Waals surface area contributed by atoms with Gasteiger partial charge in [-0.1, -0.05) is 26.0 Å². The molecule has 0 bridgehead atoms. The first-order valence-corrected chi connectivity index (χ1v) is 6.34. The van der Waals surface area contributed by atoms with Crippen molar-refractivity contribution in [3.63, 3.8) is 0 Å². The minimum Gasteiger partial charge on any atom is -0.493 e. The van der Waals surface area contributed by atoms with Gasteiger partial charge in [-0.25, -0.2) is 0 Å². The molecule has 0 atom stereocenters. The molecule has 0 aliphatic carbocycles. The molecule has 106 valence electrons. The van der Waals surface area contributed by atoms with Crippen LogP contribution in [-0.2, 0) is 10.2 Å². The number of hydrogen-bond acceptors (Lipinski definition) is 3. The van der Waals surface area contributed by atoms with Gasteiger partial charge in [-0.15, -0.1) is 0 Å². The third-order valence-electron chi connectivity index (χ3n) is 2.87. The number of carboxylic acid groups (broad SMARTS) is 1. The largest absolute Gasteiger partial charge is 0.493 e. The summed E-state index contributed by atoms with van der Waals surface area (Å²) in [6.07, 6.45) is 0.0323. The molecule has 4 heteroatoms. The van der Waals surface area contributed by atoms with Crippen molar-refractivity contribution in [3.8, 4) is 11.5 Å². The number of hydrogen-bond donors (Lipinski definition) is 1. The summed E-state index contributed by atoms with van der Waals surface area (Å²) in [7, 11) is 1.58. The Kier molecular flexibility index (Phi) is 4.81. The van der Waals surface area contributed by atoms with Gasteiger partial charge < -0.3 is 14.6 Å². The van der Waals surface area contributed by atoms with Crippen molar-refractivity contribution in [1.82, 2.24) is 0 Å². The Labute approximate surface area is 114 Å². The van der Waals surface area contributed by atoms with Crippen molar-refractivity contribution in [1.29, 1.82) is 0 Å². The number of ether oxygens (including phenoxy) is 2. The lowest BCUT2D eigenvalue weighted by atomic mass is 9.81. The highest BCUT2D eigenvalue weighted by atomic mass is 16.5. The van der Waals surface area contributed by atoms with Crippen LogP contribution < -0.4 is 9.47 Å². The number of rotatable bonds is 6. The van der Waals surface area contributed by atoms with Crippen LogP contribution in [0.4, 0.5) is 0 Å². The van der Waals surface area contributed by atoms with Crippen LogP contribution in [0, 0.1) is 0 Å². The zero-order chi connectivity index (χ0) is 14.6. The zero-order valence-corrected chi connectivity index (χ0v) is 12.2. The SMILES string of the molecule is COc1cccc(C(C)(C)CC(=O)O)c1OC(C)C. The van der Waals surface area contributed by atoms with E-state index in [-0.39, 0.29) is 12.5 Å². The summed E-state index contributed by atoms with van der Waals surface area (Å²) in [5, 5.41) is 9.04. The van der Waals surface area contributed by atoms with E-state index in [1.165, 1.54) is 0 Å². The fourth-order valence-corrected chi connectivity index (χ4v) is 2.04. The van der Waals surface area contributed by atoms with Gasteiger partial charge in [0, 0.05) is 11.0 Å². The predicted molar refractivity (Wildman–Crippen MR) is 74.0 cm³/mol. The molecule has 1 aromatic rings. The highest BCUT2D eigenvalue weighted by Gasteiger charge is 2.29. The van der Waals surface area contributed by atoms with E-state index in [1.54, 1.807) is 7.11 Å². The molecule has 0 fully saturated rings. The maximum Gasteiger partial charge on any atom is 0.304 e. The van der Waals surface area contributed by atoms with Crippen LogP contribution in [0.15, 0.2) is 18.2 Å². The van der Waals surface area contributed by atoms with Crippen LogP contribution in [0.2, 0.25) is 0 Å². The molecule has 1 N–H and O–H groups in total. The summed E-state index contributed by atoms with van der Waals surface area (Å²) >= 11 is 0. The molecule has 0 amide bonds. The van der Waals surface area contributed by atoms with Crippen molar-refractivity contribution < 1.29 is 19.4 Å². The lowest BCUT2D eigenvalue weighted by molar-refractivity contribution is -0.138. The van der Waals surface area contributed by atoms with Gasteiger partial charge in [0.05, 0.1) is 19.6 Å². The quantitative estimate of drug-likeness (QED) is 0.858. The van der Waals surface area contributed by atoms with Crippen LogP contribution in [0.1, 0.15) is 39.7 Å². The maximum absolute atomic E-state index is 11.0. The van der Waals surface area contributed by atoms with Gasteiger partial charge in [0.15, 0.2) is 11.5 Å². The molecule has 0 radical (unpaired) electrons. The Balaban J connectivity index is 3.29. The molecule has 4 nitrogen and oxygen atoms in total. The number of para-hydroxylation sites is 1. The van der Waals surface area contributed by atoms with Crippen molar-refractivity contribution in [2.24, 2.45) is 0 Å². The minimum atomic E-state index is -0.830. The van der Waals surface area contributed by atoms with E-state index < -0.39 is 11.4 Å². The molecule has 0 aromatic heterocycles. The first kappa shape index (κ1) is 15.3. The summed E-state index contributed by atoms with van der Waals surface area (Å²) in [5.74, 6) is 0.430. The Morgan fingerprint density at radius 3 is 2.47 bits per heavy atom. The number of carboxylic acids is 1. The topological polar surface area (TPSA) is 55.8 Å². The molecular formula is C15H22O4. The number of methoxy groups -OCH3 is 1. The first-order valence-electron chi connectivity index (χ1n) is 6.34. The number of benzene rings is 1. The Bertz CT molecular complexity index is 449. The third-order valence-corrected chi connectivity index (χ3v) is 2.87. The van der Waals surface area contributed by atoms with E-state index in [1.807, 2.05) is 45.9 Å².